The molecule has 2 aliphatic carbocycles. The van der Waals surface area contributed by atoms with E-state index in [1.165, 1.54) is 0 Å². The zero-order valence-corrected chi connectivity index (χ0v) is 44.5. The number of ketones is 2. The van der Waals surface area contributed by atoms with Crippen molar-refractivity contribution >= 4 is 74.6 Å². The van der Waals surface area contributed by atoms with Crippen LogP contribution >= 0.6 is 23.2 Å². The van der Waals surface area contributed by atoms with Crippen molar-refractivity contribution in [3.63, 3.8) is 0 Å². The highest BCUT2D eigenvalue weighted by Gasteiger charge is 2.33. The third-order valence-corrected chi connectivity index (χ3v) is 15.4. The fourth-order valence-electron chi connectivity index (χ4n) is 10.9. The van der Waals surface area contributed by atoms with Crippen molar-refractivity contribution in [1.82, 2.24) is 40.1 Å². The van der Waals surface area contributed by atoms with Gasteiger partial charge in [-0.15, -0.1) is 0 Å². The number of piperidine rings is 2. The molecule has 5 N–H and O–H groups in total. The van der Waals surface area contributed by atoms with E-state index in [1.54, 1.807) is 24.2 Å². The molecule has 74 heavy (non-hydrogen) atoms. The maximum absolute atomic E-state index is 13.1. The number of carbonyl (C=O) groups excluding carboxylic acids is 3. The molecule has 0 bridgehead atoms. The van der Waals surface area contributed by atoms with Crippen LogP contribution in [-0.4, -0.2) is 96.3 Å². The summed E-state index contributed by atoms with van der Waals surface area (Å²) in [6.45, 7) is 10.9. The van der Waals surface area contributed by atoms with E-state index in [0.717, 1.165) is 135 Å². The van der Waals surface area contributed by atoms with E-state index >= 15 is 0 Å². The summed E-state index contributed by atoms with van der Waals surface area (Å²) < 4.78 is 11.7. The molecule has 0 radical (unpaired) electrons. The molecule has 6 heterocycles. The highest BCUT2D eigenvalue weighted by Crippen LogP contribution is 2.36. The number of rotatable bonds is 12. The minimum Gasteiger partial charge on any atom is -0.444 e. The Balaban J connectivity index is 0.000000209. The van der Waals surface area contributed by atoms with Gasteiger partial charge in [-0.05, 0) is 128 Å². The van der Waals surface area contributed by atoms with Crippen molar-refractivity contribution in [2.24, 2.45) is 23.7 Å². The molecule has 4 fully saturated rings. The van der Waals surface area contributed by atoms with Gasteiger partial charge >= 0.3 is 6.09 Å². The van der Waals surface area contributed by atoms with E-state index in [4.69, 9.17) is 39.3 Å². The molecule has 10 rings (SSSR count). The van der Waals surface area contributed by atoms with Crippen LogP contribution in [0.4, 0.5) is 16.7 Å². The van der Waals surface area contributed by atoms with Gasteiger partial charge in [-0.25, -0.2) is 24.7 Å². The minimum atomic E-state index is -0.532. The summed E-state index contributed by atoms with van der Waals surface area (Å²) in [7, 11) is 0. The van der Waals surface area contributed by atoms with E-state index in [2.05, 4.69) is 48.0 Å². The van der Waals surface area contributed by atoms with Crippen LogP contribution < -0.4 is 16.0 Å². The molecule has 14 nitrogen and oxygen atoms in total. The monoisotopic (exact) mass is 1050 g/mol. The molecule has 4 aromatic heterocycles. The molecular formula is C58H78Cl2N10O4. The van der Waals surface area contributed by atoms with Crippen LogP contribution in [0, 0.1) is 23.7 Å². The quantitative estimate of drug-likeness (QED) is 0.0786. The number of hydrogen-bond acceptors (Lipinski definition) is 11. The number of amides is 1. The number of para-hydroxylation sites is 2. The molecule has 6 aromatic rings. The first-order valence-electron chi connectivity index (χ1n) is 27.2. The zero-order chi connectivity index (χ0) is 52.2. The Labute approximate surface area is 449 Å². The number of halogens is 2. The maximum atomic E-state index is 13.1. The normalized spacial score (nSPS) is 22.2. The Bertz CT molecular complexity index is 2810. The zero-order valence-electron chi connectivity index (χ0n) is 44.0. The predicted octanol–water partition coefficient (Wildman–Crippen LogP) is 13.7. The van der Waals surface area contributed by atoms with Crippen LogP contribution in [-0.2, 0) is 14.3 Å². The van der Waals surface area contributed by atoms with Gasteiger partial charge in [0, 0.05) is 103 Å². The number of ether oxygens (including phenoxy) is 1. The summed E-state index contributed by atoms with van der Waals surface area (Å²) in [5.74, 6) is 2.95. The summed E-state index contributed by atoms with van der Waals surface area (Å²) in [4.78, 5) is 64.9. The van der Waals surface area contributed by atoms with E-state index in [9.17, 15) is 14.4 Å². The number of Topliss-reactive ketones (excluding diaryl/α,β-unsaturated/α-hetero) is 2. The molecule has 398 valence electrons. The molecule has 0 spiro atoms. The Hall–Kier alpha value is -5.57. The van der Waals surface area contributed by atoms with Gasteiger partial charge in [-0.1, -0.05) is 80.9 Å². The lowest BCUT2D eigenvalue weighted by Gasteiger charge is -2.34. The Morgan fingerprint density at radius 1 is 0.716 bits per heavy atom. The number of anilines is 2. The summed E-state index contributed by atoms with van der Waals surface area (Å²) >= 11 is 12.9. The van der Waals surface area contributed by atoms with Crippen LogP contribution in [0.1, 0.15) is 133 Å². The fraction of sp³-hybridized carbons (Fsp3) is 0.534. The lowest BCUT2D eigenvalue weighted by molar-refractivity contribution is -0.126. The number of carbonyl (C=O) groups is 3. The molecule has 2 saturated carbocycles. The van der Waals surface area contributed by atoms with Gasteiger partial charge in [0.2, 0.25) is 11.9 Å². The van der Waals surface area contributed by atoms with Crippen molar-refractivity contribution in [3.05, 3.63) is 83.4 Å². The standard InChI is InChI=1S/C30H38ClN5O3.C25H30ClN5O.C2H6.CH4/c1-30(2,3)39-29(38)36-14-6-7-20(18-36)26(37)15-19-10-12-21(13-11-19)34-28-33-17-24(31)27(35-28)23-16-32-25-9-5-4-8-22(23)25;26-21-15-29-25(31-24(21)20-14-28-22-6-2-1-5-19(20)22)30-18-9-7-16(8-10-18)12-23(32)17-4-3-11-27-13-17;1-2;/h4-5,8-9,16-17,19-21,32H,6-7,10-15,18H2,1-3H3,(H,33,34,35);1-2,5-6,14-18,27-28H,3-4,7-13H2,(H,29,30,31);1-2H3;1H4/i;;1D;. The van der Waals surface area contributed by atoms with E-state index in [1.807, 2.05) is 69.6 Å². The molecule has 2 atom stereocenters. The topological polar surface area (TPSA) is 183 Å². The minimum absolute atomic E-state index is 0. The smallest absolute Gasteiger partial charge is 0.410 e. The van der Waals surface area contributed by atoms with Crippen molar-refractivity contribution in [1.29, 1.82) is 0 Å². The third kappa shape index (κ3) is 14.6. The van der Waals surface area contributed by atoms with Crippen LogP contribution in [0.2, 0.25) is 10.0 Å². The molecule has 2 aliphatic heterocycles. The number of hydrogen-bond donors (Lipinski definition) is 5. The first-order chi connectivity index (χ1) is 35.7. The van der Waals surface area contributed by atoms with Crippen LogP contribution in [0.25, 0.3) is 44.3 Å². The van der Waals surface area contributed by atoms with Gasteiger partial charge in [0.05, 0.1) is 33.8 Å². The predicted molar refractivity (Wildman–Crippen MR) is 301 cm³/mol. The first kappa shape index (κ1) is 54.7. The van der Waals surface area contributed by atoms with Crippen molar-refractivity contribution in [2.75, 3.05) is 36.8 Å². The van der Waals surface area contributed by atoms with Crippen LogP contribution in [0.3, 0.4) is 0 Å². The summed E-state index contributed by atoms with van der Waals surface area (Å²) in [5, 5.41) is 13.6. The maximum Gasteiger partial charge on any atom is 0.410 e. The van der Waals surface area contributed by atoms with E-state index < -0.39 is 5.60 Å². The molecule has 1 amide bonds. The largest absolute Gasteiger partial charge is 0.444 e. The third-order valence-electron chi connectivity index (χ3n) is 14.8. The number of H-pyrrole nitrogens is 2. The molecule has 4 aliphatic rings. The van der Waals surface area contributed by atoms with E-state index in [-0.39, 0.29) is 37.2 Å². The Kier molecular flexibility index (Phi) is 19.4. The average Bonchev–Trinajstić information content (AvgIpc) is 4.04. The number of nitrogens with one attached hydrogen (secondary N) is 5. The number of aromatic amines is 2. The Morgan fingerprint density at radius 3 is 1.66 bits per heavy atom. The van der Waals surface area contributed by atoms with Crippen LogP contribution in [0.15, 0.2) is 73.3 Å². The Morgan fingerprint density at radius 2 is 1.19 bits per heavy atom. The fourth-order valence-corrected chi connectivity index (χ4v) is 11.3. The van der Waals surface area contributed by atoms with Crippen molar-refractivity contribution in [2.45, 2.75) is 150 Å². The average molecular weight is 1050 g/mol. The molecule has 2 saturated heterocycles. The lowest BCUT2D eigenvalue weighted by atomic mass is 9.80. The van der Waals surface area contributed by atoms with Gasteiger partial charge in [-0.2, -0.15) is 0 Å². The van der Waals surface area contributed by atoms with Gasteiger partial charge in [0.1, 0.15) is 17.2 Å². The van der Waals surface area contributed by atoms with Gasteiger partial charge < -0.3 is 35.6 Å². The lowest BCUT2D eigenvalue weighted by Crippen LogP contribution is -2.45. The number of nitrogens with zero attached hydrogens (tertiary/aromatic N) is 5. The molecule has 2 unspecified atom stereocenters. The first-order valence-corrected chi connectivity index (χ1v) is 27.2. The number of aromatic nitrogens is 6. The summed E-state index contributed by atoms with van der Waals surface area (Å²) in [6.07, 6.45) is 20.2. The number of benzene rings is 2. The highest BCUT2D eigenvalue weighted by atomic mass is 35.5. The molecule has 2 aromatic carbocycles. The summed E-state index contributed by atoms with van der Waals surface area (Å²) in [5.41, 5.74) is 4.95. The summed E-state index contributed by atoms with van der Waals surface area (Å²) in [6, 6.07) is 16.8. The van der Waals surface area contributed by atoms with Crippen LogP contribution in [0.5, 0.6) is 0 Å². The SMILES string of the molecule is C.CC(C)(C)OC(=O)N1CCCC(C(=O)CC2CCC(Nc3ncc(Cl)c(-c4c[nH]c5ccccc45)n3)CC2)C1.O=C(CC1CCC(Nc2ncc(Cl)c(-c3c[nH]c4ccccc34)n2)CC1)C1CCCNC1.[2H]CC. The van der Waals surface area contributed by atoms with Gasteiger partial charge in [-0.3, -0.25) is 9.59 Å². The molecular weight excluding hydrogens is 972 g/mol. The van der Waals surface area contributed by atoms with E-state index in [0.29, 0.717) is 77.7 Å². The van der Waals surface area contributed by atoms with Gasteiger partial charge in [0.15, 0.2) is 0 Å². The van der Waals surface area contributed by atoms with Gasteiger partial charge in [0.25, 0.3) is 0 Å². The van der Waals surface area contributed by atoms with Crippen molar-refractivity contribution in [3.8, 4) is 22.5 Å². The molecule has 16 heteroatoms. The number of fused-ring (bicyclic) bond motifs is 2. The number of likely N-dealkylation sites (tertiary alicyclic amines) is 1. The highest BCUT2D eigenvalue weighted by molar-refractivity contribution is 6.33. The van der Waals surface area contributed by atoms with Crippen molar-refractivity contribution < 1.29 is 20.5 Å². The second-order valence-corrected chi connectivity index (χ2v) is 22.0. The second-order valence-electron chi connectivity index (χ2n) is 21.1. The second kappa shape index (κ2) is 26.3.